The molecule has 104 valence electrons. The van der Waals surface area contributed by atoms with Crippen molar-refractivity contribution >= 4 is 12.2 Å². The van der Waals surface area contributed by atoms with Crippen LogP contribution >= 0.6 is 0 Å². The van der Waals surface area contributed by atoms with Gasteiger partial charge in [0, 0.05) is 6.21 Å². The van der Waals surface area contributed by atoms with E-state index in [0.717, 1.165) is 5.70 Å². The number of aliphatic imine (C=N–C) groups is 1. The van der Waals surface area contributed by atoms with Crippen LogP contribution in [0.4, 0.5) is 0 Å². The third-order valence-electron chi connectivity index (χ3n) is 2.39. The lowest BCUT2D eigenvalue weighted by molar-refractivity contribution is -0.140. The maximum Gasteiger partial charge on any atom is 0.325 e. The Kier molecular flexibility index (Phi) is 8.13. The summed E-state index contributed by atoms with van der Waals surface area (Å²) in [7, 11) is 3.45. The lowest BCUT2D eigenvalue weighted by Gasteiger charge is -2.20. The van der Waals surface area contributed by atoms with Crippen LogP contribution < -0.4 is 0 Å². The largest absolute Gasteiger partial charge is 0.480 e. The Morgan fingerprint density at radius 3 is 2.37 bits per heavy atom. The molecule has 0 bridgehead atoms. The number of hydrogen-bond acceptors (Lipinski definition) is 3. The van der Waals surface area contributed by atoms with E-state index in [0.29, 0.717) is 5.57 Å². The number of carbonyl (C=O) groups is 1. The van der Waals surface area contributed by atoms with Crippen LogP contribution in [-0.2, 0) is 4.79 Å². The molecule has 0 saturated carbocycles. The highest BCUT2D eigenvalue weighted by molar-refractivity contribution is 5.91. The number of hydrogen-bond donors (Lipinski definition) is 1. The van der Waals surface area contributed by atoms with Gasteiger partial charge in [0.2, 0.25) is 0 Å². The fraction of sp³-hybridized carbons (Fsp3) is 0.333. The number of nitrogens with zero attached hydrogens (tertiary/aromatic N) is 2. The maximum absolute atomic E-state index is 11.2. The molecule has 1 atom stereocenters. The van der Waals surface area contributed by atoms with Gasteiger partial charge < -0.3 is 5.11 Å². The molecule has 0 aromatic rings. The average Bonchev–Trinajstić information content (AvgIpc) is 2.33. The summed E-state index contributed by atoms with van der Waals surface area (Å²) in [4.78, 5) is 17.2. The van der Waals surface area contributed by atoms with Crippen LogP contribution in [0.25, 0.3) is 0 Å². The molecule has 0 saturated heterocycles. The number of likely N-dealkylation sites (N-methyl/N-ethyl adjacent to an activating group) is 1. The van der Waals surface area contributed by atoms with Gasteiger partial charge in [0.1, 0.15) is 6.04 Å². The van der Waals surface area contributed by atoms with Crippen LogP contribution in [0.1, 0.15) is 13.8 Å². The molecule has 4 heteroatoms. The molecular weight excluding hydrogens is 240 g/mol. The van der Waals surface area contributed by atoms with E-state index in [1.54, 1.807) is 50.4 Å². The third kappa shape index (κ3) is 5.97. The van der Waals surface area contributed by atoms with E-state index in [9.17, 15) is 9.90 Å². The SMILES string of the molecule is C=C/C=C(\C=C/C)/N=C\C(=C/C)C(C(=O)O)N(C)C. The van der Waals surface area contributed by atoms with Gasteiger partial charge in [-0.25, -0.2) is 0 Å². The quantitative estimate of drug-likeness (QED) is 0.567. The number of carboxylic acids is 1. The van der Waals surface area contributed by atoms with E-state index in [1.165, 1.54) is 0 Å². The Morgan fingerprint density at radius 1 is 1.37 bits per heavy atom. The van der Waals surface area contributed by atoms with Crippen LogP contribution in [0, 0.1) is 0 Å². The van der Waals surface area contributed by atoms with Crippen molar-refractivity contribution in [3.63, 3.8) is 0 Å². The standard InChI is InChI=1S/C15H22N2O2/c1-6-9-13(10-7-2)16-11-12(8-3)14(15(18)19)17(4)5/h6-11,14H,1H2,2-5H3,(H,18,19)/b10-7-,12-8+,13-9+,16-11-. The fourth-order valence-corrected chi connectivity index (χ4v) is 1.55. The van der Waals surface area contributed by atoms with Gasteiger partial charge in [-0.1, -0.05) is 24.8 Å². The van der Waals surface area contributed by atoms with Gasteiger partial charge in [-0.15, -0.1) is 0 Å². The summed E-state index contributed by atoms with van der Waals surface area (Å²) in [6, 6.07) is -0.704. The molecule has 0 heterocycles. The molecule has 0 amide bonds. The average molecular weight is 262 g/mol. The number of aliphatic carboxylic acids is 1. The Balaban J connectivity index is 5.25. The van der Waals surface area contributed by atoms with Gasteiger partial charge in [0.05, 0.1) is 5.70 Å². The van der Waals surface area contributed by atoms with Gasteiger partial charge >= 0.3 is 5.97 Å². The normalized spacial score (nSPS) is 15.4. The van der Waals surface area contributed by atoms with Crippen molar-refractivity contribution in [2.75, 3.05) is 14.1 Å². The Hall–Kier alpha value is -1.94. The molecule has 0 rings (SSSR count). The van der Waals surface area contributed by atoms with Gasteiger partial charge in [-0.05, 0) is 45.7 Å². The number of allylic oxidation sites excluding steroid dienone is 5. The van der Waals surface area contributed by atoms with E-state index in [4.69, 9.17) is 0 Å². The topological polar surface area (TPSA) is 52.9 Å². The molecule has 1 unspecified atom stereocenters. The van der Waals surface area contributed by atoms with Gasteiger partial charge in [0.25, 0.3) is 0 Å². The highest BCUT2D eigenvalue weighted by Crippen LogP contribution is 2.08. The van der Waals surface area contributed by atoms with Crippen LogP contribution in [0.3, 0.4) is 0 Å². The van der Waals surface area contributed by atoms with Crippen molar-refractivity contribution in [2.24, 2.45) is 4.99 Å². The van der Waals surface area contributed by atoms with Crippen molar-refractivity contribution in [3.05, 3.63) is 48.2 Å². The lowest BCUT2D eigenvalue weighted by atomic mass is 10.1. The minimum atomic E-state index is -0.898. The zero-order valence-electron chi connectivity index (χ0n) is 12.0. The highest BCUT2D eigenvalue weighted by Gasteiger charge is 2.22. The van der Waals surface area contributed by atoms with Crippen molar-refractivity contribution in [3.8, 4) is 0 Å². The molecule has 0 radical (unpaired) electrons. The zero-order chi connectivity index (χ0) is 14.8. The van der Waals surface area contributed by atoms with Crippen molar-refractivity contribution in [1.29, 1.82) is 0 Å². The van der Waals surface area contributed by atoms with Crippen LogP contribution in [-0.4, -0.2) is 42.3 Å². The third-order valence-corrected chi connectivity index (χ3v) is 2.39. The molecule has 0 aliphatic heterocycles. The molecule has 1 N–H and O–H groups in total. The first kappa shape index (κ1) is 17.1. The van der Waals surface area contributed by atoms with Crippen LogP contribution in [0.2, 0.25) is 0 Å². The molecule has 0 spiro atoms. The molecule has 4 nitrogen and oxygen atoms in total. The Morgan fingerprint density at radius 2 is 2.00 bits per heavy atom. The Bertz CT molecular complexity index is 429. The monoisotopic (exact) mass is 262 g/mol. The first-order chi connectivity index (χ1) is 8.97. The number of carboxylic acid groups (broad SMARTS) is 1. The van der Waals surface area contributed by atoms with Gasteiger partial charge in [0.15, 0.2) is 0 Å². The van der Waals surface area contributed by atoms with Gasteiger partial charge in [-0.3, -0.25) is 14.7 Å². The minimum absolute atomic E-state index is 0.636. The minimum Gasteiger partial charge on any atom is -0.480 e. The molecule has 0 aromatic carbocycles. The molecule has 19 heavy (non-hydrogen) atoms. The second-order valence-electron chi connectivity index (χ2n) is 4.08. The van der Waals surface area contributed by atoms with E-state index in [1.807, 2.05) is 19.1 Å². The predicted molar refractivity (Wildman–Crippen MR) is 80.5 cm³/mol. The summed E-state index contributed by atoms with van der Waals surface area (Å²) in [6.45, 7) is 7.31. The van der Waals surface area contributed by atoms with Crippen molar-refractivity contribution < 1.29 is 9.90 Å². The van der Waals surface area contributed by atoms with Crippen molar-refractivity contribution in [1.82, 2.24) is 4.90 Å². The summed E-state index contributed by atoms with van der Waals surface area (Å²) in [5, 5.41) is 9.23. The molecule has 0 aliphatic carbocycles. The maximum atomic E-state index is 11.2. The van der Waals surface area contributed by atoms with E-state index in [2.05, 4.69) is 11.6 Å². The molecule has 0 fully saturated rings. The van der Waals surface area contributed by atoms with Crippen LogP contribution in [0.5, 0.6) is 0 Å². The highest BCUT2D eigenvalue weighted by atomic mass is 16.4. The summed E-state index contributed by atoms with van der Waals surface area (Å²) in [6.07, 6.45) is 10.4. The second kappa shape index (κ2) is 9.05. The van der Waals surface area contributed by atoms with E-state index in [-0.39, 0.29) is 0 Å². The van der Waals surface area contributed by atoms with E-state index < -0.39 is 12.0 Å². The summed E-state index contributed by atoms with van der Waals surface area (Å²) in [5.74, 6) is -0.898. The zero-order valence-corrected chi connectivity index (χ0v) is 12.0. The molecule has 0 aliphatic rings. The van der Waals surface area contributed by atoms with Crippen LogP contribution in [0.15, 0.2) is 53.2 Å². The fourth-order valence-electron chi connectivity index (χ4n) is 1.55. The van der Waals surface area contributed by atoms with Crippen molar-refractivity contribution in [2.45, 2.75) is 19.9 Å². The Labute approximate surface area is 115 Å². The molecular formula is C15H22N2O2. The van der Waals surface area contributed by atoms with E-state index >= 15 is 0 Å². The first-order valence-corrected chi connectivity index (χ1v) is 6.02. The number of rotatable bonds is 7. The predicted octanol–water partition coefficient (Wildman–Crippen LogP) is 2.66. The molecule has 0 aromatic heterocycles. The second-order valence-corrected chi connectivity index (χ2v) is 4.08. The summed E-state index contributed by atoms with van der Waals surface area (Å²) in [5.41, 5.74) is 1.36. The summed E-state index contributed by atoms with van der Waals surface area (Å²) < 4.78 is 0. The summed E-state index contributed by atoms with van der Waals surface area (Å²) >= 11 is 0. The van der Waals surface area contributed by atoms with Gasteiger partial charge in [-0.2, -0.15) is 0 Å². The lowest BCUT2D eigenvalue weighted by Crippen LogP contribution is -2.37. The first-order valence-electron chi connectivity index (χ1n) is 6.02. The smallest absolute Gasteiger partial charge is 0.325 e.